The highest BCUT2D eigenvalue weighted by atomic mass is 15.3. The van der Waals surface area contributed by atoms with Crippen molar-refractivity contribution < 1.29 is 0 Å². The predicted molar refractivity (Wildman–Crippen MR) is 100 cm³/mol. The topological polar surface area (TPSA) is 70.4 Å². The van der Waals surface area contributed by atoms with Crippen molar-refractivity contribution in [2.75, 3.05) is 19.6 Å². The van der Waals surface area contributed by atoms with Gasteiger partial charge >= 0.3 is 0 Å². The minimum absolute atomic E-state index is 0.488. The Morgan fingerprint density at radius 2 is 1.92 bits per heavy atom. The van der Waals surface area contributed by atoms with E-state index in [1.54, 1.807) is 0 Å². The summed E-state index contributed by atoms with van der Waals surface area (Å²) in [6, 6.07) is 1.05. The van der Waals surface area contributed by atoms with Crippen LogP contribution >= 0.6 is 0 Å². The standard InChI is InChI=1S/C17H33N7/c1-8-9-18-17(19-10-11-24(13(2)3)14(4)5)20-12-16-22-21-15(6)23(16)7/h8,13-14H,1,9-12H2,2-7H3,(H2,18,19,20). The van der Waals surface area contributed by atoms with E-state index >= 15 is 0 Å². The van der Waals surface area contributed by atoms with E-state index < -0.39 is 0 Å². The molecular weight excluding hydrogens is 302 g/mol. The first kappa shape index (κ1) is 20.2. The maximum absolute atomic E-state index is 4.60. The molecule has 2 N–H and O–H groups in total. The van der Waals surface area contributed by atoms with Crippen LogP contribution < -0.4 is 10.6 Å². The van der Waals surface area contributed by atoms with Crippen molar-refractivity contribution in [1.82, 2.24) is 30.3 Å². The average molecular weight is 336 g/mol. The van der Waals surface area contributed by atoms with Crippen LogP contribution in [0.1, 0.15) is 39.3 Å². The Labute approximate surface area is 146 Å². The molecule has 1 aromatic heterocycles. The molecule has 7 heteroatoms. The molecule has 0 spiro atoms. The zero-order valence-corrected chi connectivity index (χ0v) is 16.0. The van der Waals surface area contributed by atoms with E-state index in [2.05, 4.69) is 65.0 Å². The molecule has 1 aromatic rings. The third-order valence-corrected chi connectivity index (χ3v) is 3.96. The van der Waals surface area contributed by atoms with E-state index in [9.17, 15) is 0 Å². The van der Waals surface area contributed by atoms with Crippen molar-refractivity contribution in [3.8, 4) is 0 Å². The SMILES string of the molecule is C=CCNC(=NCc1nnc(C)n1C)NCCN(C(C)C)C(C)C. The number of aromatic nitrogens is 3. The summed E-state index contributed by atoms with van der Waals surface area (Å²) in [4.78, 5) is 7.05. The van der Waals surface area contributed by atoms with Gasteiger partial charge < -0.3 is 15.2 Å². The zero-order chi connectivity index (χ0) is 18.1. The molecule has 1 heterocycles. The first-order valence-electron chi connectivity index (χ1n) is 8.60. The molecule has 0 fully saturated rings. The number of aliphatic imine (C=N–C) groups is 1. The lowest BCUT2D eigenvalue weighted by Crippen LogP contribution is -2.45. The van der Waals surface area contributed by atoms with Gasteiger partial charge in [0.15, 0.2) is 11.8 Å². The van der Waals surface area contributed by atoms with Gasteiger partial charge in [-0.15, -0.1) is 16.8 Å². The molecule has 0 aliphatic heterocycles. The van der Waals surface area contributed by atoms with Gasteiger partial charge in [0.25, 0.3) is 0 Å². The number of rotatable bonds is 9. The van der Waals surface area contributed by atoms with E-state index in [0.29, 0.717) is 25.2 Å². The highest BCUT2D eigenvalue weighted by molar-refractivity contribution is 5.79. The summed E-state index contributed by atoms with van der Waals surface area (Å²) in [6.45, 7) is 17.5. The molecule has 0 saturated carbocycles. The molecule has 0 aliphatic rings. The first-order chi connectivity index (χ1) is 11.4. The normalized spacial score (nSPS) is 12.3. The molecule has 0 amide bonds. The number of nitrogens with zero attached hydrogens (tertiary/aromatic N) is 5. The second-order valence-corrected chi connectivity index (χ2v) is 6.41. The summed E-state index contributed by atoms with van der Waals surface area (Å²) < 4.78 is 1.95. The molecule has 136 valence electrons. The second-order valence-electron chi connectivity index (χ2n) is 6.41. The number of aryl methyl sites for hydroxylation is 1. The molecule has 0 atom stereocenters. The maximum Gasteiger partial charge on any atom is 0.192 e. The highest BCUT2D eigenvalue weighted by Gasteiger charge is 2.12. The molecule has 24 heavy (non-hydrogen) atoms. The minimum Gasteiger partial charge on any atom is -0.355 e. The lowest BCUT2D eigenvalue weighted by atomic mass is 10.2. The zero-order valence-electron chi connectivity index (χ0n) is 16.0. The predicted octanol–water partition coefficient (Wildman–Crippen LogP) is 1.46. The average Bonchev–Trinajstić information content (AvgIpc) is 2.84. The van der Waals surface area contributed by atoms with Crippen molar-refractivity contribution in [3.05, 3.63) is 24.3 Å². The smallest absolute Gasteiger partial charge is 0.192 e. The summed E-state index contributed by atoms with van der Waals surface area (Å²) in [5.74, 6) is 2.50. The fourth-order valence-electron chi connectivity index (χ4n) is 2.50. The Bertz CT molecular complexity index is 523. The van der Waals surface area contributed by atoms with E-state index in [4.69, 9.17) is 0 Å². The summed E-state index contributed by atoms with van der Waals surface area (Å²) in [5, 5.41) is 14.8. The van der Waals surface area contributed by atoms with Crippen LogP contribution in [0, 0.1) is 6.92 Å². The molecule has 0 radical (unpaired) electrons. The lowest BCUT2D eigenvalue weighted by Gasteiger charge is -2.30. The van der Waals surface area contributed by atoms with E-state index in [0.717, 1.165) is 30.7 Å². The fraction of sp³-hybridized carbons (Fsp3) is 0.706. The van der Waals surface area contributed by atoms with Crippen LogP contribution in [0.15, 0.2) is 17.6 Å². The van der Waals surface area contributed by atoms with Crippen molar-refractivity contribution in [2.24, 2.45) is 12.0 Å². The summed E-state index contributed by atoms with van der Waals surface area (Å²) >= 11 is 0. The molecule has 0 saturated heterocycles. The van der Waals surface area contributed by atoms with E-state index in [1.807, 2.05) is 24.6 Å². The minimum atomic E-state index is 0.488. The van der Waals surface area contributed by atoms with Gasteiger partial charge in [-0.05, 0) is 34.6 Å². The molecular formula is C17H33N7. The Kier molecular flexibility index (Phi) is 8.46. The van der Waals surface area contributed by atoms with Gasteiger partial charge in [-0.3, -0.25) is 4.90 Å². The van der Waals surface area contributed by atoms with Gasteiger partial charge in [-0.2, -0.15) is 0 Å². The molecule has 7 nitrogen and oxygen atoms in total. The van der Waals surface area contributed by atoms with Crippen LogP contribution in [-0.4, -0.2) is 57.3 Å². The van der Waals surface area contributed by atoms with Crippen molar-refractivity contribution >= 4 is 5.96 Å². The number of nitrogens with one attached hydrogen (secondary N) is 2. The first-order valence-corrected chi connectivity index (χ1v) is 8.60. The van der Waals surface area contributed by atoms with Gasteiger partial charge in [-0.25, -0.2) is 4.99 Å². The third-order valence-electron chi connectivity index (χ3n) is 3.96. The monoisotopic (exact) mass is 335 g/mol. The van der Waals surface area contributed by atoms with Crippen LogP contribution in [0.3, 0.4) is 0 Å². The van der Waals surface area contributed by atoms with Crippen molar-refractivity contribution in [2.45, 2.75) is 53.2 Å². The Morgan fingerprint density at radius 3 is 2.42 bits per heavy atom. The van der Waals surface area contributed by atoms with Gasteiger partial charge in [0, 0.05) is 38.8 Å². The highest BCUT2D eigenvalue weighted by Crippen LogP contribution is 2.03. The van der Waals surface area contributed by atoms with Crippen LogP contribution in [0.2, 0.25) is 0 Å². The van der Waals surface area contributed by atoms with Gasteiger partial charge in [0.05, 0.1) is 0 Å². The Balaban J connectivity index is 2.62. The van der Waals surface area contributed by atoms with E-state index in [-0.39, 0.29) is 0 Å². The van der Waals surface area contributed by atoms with Crippen molar-refractivity contribution in [1.29, 1.82) is 0 Å². The number of hydrogen-bond donors (Lipinski definition) is 2. The van der Waals surface area contributed by atoms with Gasteiger partial charge in [-0.1, -0.05) is 6.08 Å². The Morgan fingerprint density at radius 1 is 1.25 bits per heavy atom. The van der Waals surface area contributed by atoms with Gasteiger partial charge in [0.2, 0.25) is 0 Å². The van der Waals surface area contributed by atoms with Crippen LogP contribution in [0.5, 0.6) is 0 Å². The van der Waals surface area contributed by atoms with Crippen LogP contribution in [0.25, 0.3) is 0 Å². The second kappa shape index (κ2) is 10.1. The van der Waals surface area contributed by atoms with Crippen LogP contribution in [0.4, 0.5) is 0 Å². The fourth-order valence-corrected chi connectivity index (χ4v) is 2.50. The quantitative estimate of drug-likeness (QED) is 0.406. The third kappa shape index (κ3) is 6.31. The molecule has 1 rings (SSSR count). The molecule has 0 bridgehead atoms. The lowest BCUT2D eigenvalue weighted by molar-refractivity contribution is 0.178. The molecule has 0 unspecified atom stereocenters. The maximum atomic E-state index is 4.60. The summed E-state index contributed by atoms with van der Waals surface area (Å²) in [7, 11) is 1.95. The number of guanidine groups is 1. The van der Waals surface area contributed by atoms with Crippen molar-refractivity contribution in [3.63, 3.8) is 0 Å². The Hall–Kier alpha value is -1.89. The summed E-state index contributed by atoms with van der Waals surface area (Å²) in [6.07, 6.45) is 1.82. The van der Waals surface area contributed by atoms with E-state index in [1.165, 1.54) is 0 Å². The summed E-state index contributed by atoms with van der Waals surface area (Å²) in [5.41, 5.74) is 0. The van der Waals surface area contributed by atoms with Crippen LogP contribution in [-0.2, 0) is 13.6 Å². The molecule has 0 aliphatic carbocycles. The number of hydrogen-bond acceptors (Lipinski definition) is 4. The molecule has 0 aromatic carbocycles. The van der Waals surface area contributed by atoms with Gasteiger partial charge in [0.1, 0.15) is 12.4 Å². The largest absolute Gasteiger partial charge is 0.355 e.